The fourth-order valence-electron chi connectivity index (χ4n) is 0.993. The average molecular weight is 249 g/mol. The summed E-state index contributed by atoms with van der Waals surface area (Å²) >= 11 is 3.21. The van der Waals surface area contributed by atoms with Crippen LogP contribution in [0.1, 0.15) is 5.56 Å². The van der Waals surface area contributed by atoms with Gasteiger partial charge in [0.2, 0.25) is 0 Å². The maximum atomic E-state index is 12.8. The molecule has 4 heteroatoms. The second-order valence-electron chi connectivity index (χ2n) is 2.45. The predicted molar refractivity (Wildman–Crippen MR) is 51.0 cm³/mol. The molecule has 1 aromatic rings. The molecule has 1 aromatic carbocycles. The summed E-state index contributed by atoms with van der Waals surface area (Å²) in [4.78, 5) is 0. The Morgan fingerprint density at radius 3 is 2.38 bits per heavy atom. The normalized spacial score (nSPS) is 11.7. The van der Waals surface area contributed by atoms with E-state index in [0.717, 1.165) is 0 Å². The van der Waals surface area contributed by atoms with E-state index in [4.69, 9.17) is 9.47 Å². The summed E-state index contributed by atoms with van der Waals surface area (Å²) in [7, 11) is 2.95. The molecule has 0 bridgehead atoms. The molecule has 1 rings (SSSR count). The molecule has 0 unspecified atom stereocenters. The first kappa shape index (κ1) is 10.6. The van der Waals surface area contributed by atoms with Crippen LogP contribution >= 0.6 is 15.9 Å². The van der Waals surface area contributed by atoms with Gasteiger partial charge in [-0.15, -0.1) is 0 Å². The topological polar surface area (TPSA) is 18.5 Å². The summed E-state index contributed by atoms with van der Waals surface area (Å²) in [5, 5.41) is 0. The zero-order valence-electron chi connectivity index (χ0n) is 7.38. The molecule has 13 heavy (non-hydrogen) atoms. The highest BCUT2D eigenvalue weighted by atomic mass is 79.9. The van der Waals surface area contributed by atoms with Gasteiger partial charge in [-0.05, 0) is 28.1 Å². The summed E-state index contributed by atoms with van der Waals surface area (Å²) < 4.78 is 21.9. The Hall–Kier alpha value is -0.450. The first-order valence-electron chi connectivity index (χ1n) is 3.67. The van der Waals surface area contributed by atoms with Crippen molar-refractivity contribution >= 4 is 15.9 Å². The summed E-state index contributed by atoms with van der Waals surface area (Å²) in [5.41, 5.74) is 0.581. The molecule has 0 aromatic heterocycles. The number of methoxy groups -OCH3 is 2. The second kappa shape index (κ2) is 4.17. The van der Waals surface area contributed by atoms with Crippen LogP contribution in [-0.2, 0) is 14.2 Å². The quantitative estimate of drug-likeness (QED) is 0.605. The van der Waals surface area contributed by atoms with Gasteiger partial charge in [-0.3, -0.25) is 0 Å². The lowest BCUT2D eigenvalue weighted by atomic mass is 10.2. The minimum Gasteiger partial charge on any atom is -0.341 e. The lowest BCUT2D eigenvalue weighted by molar-refractivity contribution is -0.134. The van der Waals surface area contributed by atoms with Crippen molar-refractivity contribution in [2.45, 2.75) is 4.70 Å². The second-order valence-corrected chi connectivity index (χ2v) is 3.50. The van der Waals surface area contributed by atoms with Gasteiger partial charge >= 0.3 is 0 Å². The summed E-state index contributed by atoms with van der Waals surface area (Å²) in [6.07, 6.45) is 0. The fraction of sp³-hybridized carbons (Fsp3) is 0.333. The molecule has 0 saturated carbocycles. The molecule has 0 aliphatic carbocycles. The molecule has 0 aliphatic heterocycles. The minimum atomic E-state index is -1.06. The molecule has 0 N–H and O–H groups in total. The van der Waals surface area contributed by atoms with Crippen molar-refractivity contribution in [3.8, 4) is 0 Å². The Morgan fingerprint density at radius 2 is 1.92 bits per heavy atom. The summed E-state index contributed by atoms with van der Waals surface area (Å²) in [6.45, 7) is 0. The van der Waals surface area contributed by atoms with Gasteiger partial charge in [-0.25, -0.2) is 4.39 Å². The Balaban J connectivity index is 3.05. The maximum absolute atomic E-state index is 12.8. The number of alkyl halides is 1. The molecule has 0 radical (unpaired) electrons. The highest BCUT2D eigenvalue weighted by molar-refractivity contribution is 9.09. The highest BCUT2D eigenvalue weighted by Gasteiger charge is 2.28. The van der Waals surface area contributed by atoms with E-state index in [0.29, 0.717) is 5.56 Å². The van der Waals surface area contributed by atoms with E-state index in [1.165, 1.54) is 26.4 Å². The largest absolute Gasteiger partial charge is 0.341 e. The lowest BCUT2D eigenvalue weighted by Crippen LogP contribution is -2.22. The zero-order chi connectivity index (χ0) is 9.90. The Bertz CT molecular complexity index is 287. The van der Waals surface area contributed by atoms with E-state index in [-0.39, 0.29) is 5.82 Å². The smallest absolute Gasteiger partial charge is 0.253 e. The maximum Gasteiger partial charge on any atom is 0.253 e. The molecular formula is C9H10BrFO2. The monoisotopic (exact) mass is 248 g/mol. The number of rotatable bonds is 3. The van der Waals surface area contributed by atoms with Crippen LogP contribution in [0.5, 0.6) is 0 Å². The third kappa shape index (κ3) is 2.27. The van der Waals surface area contributed by atoms with Crippen LogP contribution in [0.15, 0.2) is 24.3 Å². The molecule has 2 nitrogen and oxygen atoms in total. The Morgan fingerprint density at radius 1 is 1.31 bits per heavy atom. The Kier molecular flexibility index (Phi) is 3.41. The third-order valence-corrected chi connectivity index (χ3v) is 2.80. The van der Waals surface area contributed by atoms with Crippen LogP contribution in [0.2, 0.25) is 0 Å². The Labute approximate surface area is 84.8 Å². The van der Waals surface area contributed by atoms with E-state index in [9.17, 15) is 4.39 Å². The fourth-order valence-corrected chi connectivity index (χ4v) is 1.24. The van der Waals surface area contributed by atoms with Gasteiger partial charge < -0.3 is 9.47 Å². The molecule has 0 saturated heterocycles. The van der Waals surface area contributed by atoms with Crippen LogP contribution in [0.4, 0.5) is 4.39 Å². The molecule has 0 amide bonds. The van der Waals surface area contributed by atoms with E-state index in [1.807, 2.05) is 0 Å². The lowest BCUT2D eigenvalue weighted by Gasteiger charge is -2.24. The zero-order valence-corrected chi connectivity index (χ0v) is 8.97. The van der Waals surface area contributed by atoms with Crippen LogP contribution in [0.3, 0.4) is 0 Å². The molecule has 0 spiro atoms. The third-order valence-electron chi connectivity index (χ3n) is 1.69. The van der Waals surface area contributed by atoms with Crippen LogP contribution < -0.4 is 0 Å². The highest BCUT2D eigenvalue weighted by Crippen LogP contribution is 2.32. The molecule has 72 valence electrons. The molecule has 0 aliphatic rings. The van der Waals surface area contributed by atoms with Crippen molar-refractivity contribution in [3.05, 3.63) is 35.6 Å². The van der Waals surface area contributed by atoms with E-state index < -0.39 is 4.70 Å². The van der Waals surface area contributed by atoms with Crippen molar-refractivity contribution < 1.29 is 13.9 Å². The van der Waals surface area contributed by atoms with Gasteiger partial charge in [-0.2, -0.15) is 0 Å². The van der Waals surface area contributed by atoms with Gasteiger partial charge in [0.05, 0.1) is 0 Å². The number of ether oxygens (including phenoxy) is 2. The molecule has 0 atom stereocenters. The number of hydrogen-bond donors (Lipinski definition) is 0. The van der Waals surface area contributed by atoms with Crippen molar-refractivity contribution in [1.82, 2.24) is 0 Å². The van der Waals surface area contributed by atoms with E-state index >= 15 is 0 Å². The number of halogens is 2. The SMILES string of the molecule is COC(Br)(OC)c1cccc(F)c1. The molecule has 0 heterocycles. The van der Waals surface area contributed by atoms with E-state index in [2.05, 4.69) is 15.9 Å². The van der Waals surface area contributed by atoms with Crippen LogP contribution in [0.25, 0.3) is 0 Å². The average Bonchev–Trinajstić information content (AvgIpc) is 2.17. The van der Waals surface area contributed by atoms with Crippen LogP contribution in [0, 0.1) is 5.82 Å². The van der Waals surface area contributed by atoms with Crippen molar-refractivity contribution in [2.75, 3.05) is 14.2 Å². The molecular weight excluding hydrogens is 239 g/mol. The number of benzene rings is 1. The first-order valence-corrected chi connectivity index (χ1v) is 4.47. The first-order chi connectivity index (χ1) is 6.12. The predicted octanol–water partition coefficient (Wildman–Crippen LogP) is 2.62. The van der Waals surface area contributed by atoms with Gasteiger partial charge in [0.15, 0.2) is 0 Å². The number of hydrogen-bond acceptors (Lipinski definition) is 2. The van der Waals surface area contributed by atoms with Gasteiger partial charge in [0.1, 0.15) is 5.82 Å². The van der Waals surface area contributed by atoms with Crippen LogP contribution in [-0.4, -0.2) is 14.2 Å². The van der Waals surface area contributed by atoms with Gasteiger partial charge in [0, 0.05) is 19.8 Å². The summed E-state index contributed by atoms with van der Waals surface area (Å²) in [5.74, 6) is -0.324. The van der Waals surface area contributed by atoms with Crippen molar-refractivity contribution in [2.24, 2.45) is 0 Å². The standard InChI is InChI=1S/C9H10BrFO2/c1-12-9(10,13-2)7-4-3-5-8(11)6-7/h3-6H,1-2H3. The van der Waals surface area contributed by atoms with Gasteiger partial charge in [-0.1, -0.05) is 12.1 Å². The van der Waals surface area contributed by atoms with Gasteiger partial charge in [0.25, 0.3) is 4.70 Å². The minimum absolute atomic E-state index is 0.324. The van der Waals surface area contributed by atoms with E-state index in [1.54, 1.807) is 12.1 Å². The van der Waals surface area contributed by atoms with Crippen molar-refractivity contribution in [1.29, 1.82) is 0 Å². The summed E-state index contributed by atoms with van der Waals surface area (Å²) in [6, 6.07) is 6.02. The van der Waals surface area contributed by atoms with Crippen molar-refractivity contribution in [3.63, 3.8) is 0 Å². The molecule has 0 fully saturated rings.